The van der Waals surface area contributed by atoms with Crippen LogP contribution in [0.3, 0.4) is 0 Å². The number of rotatable bonds is 1. The first-order valence-corrected chi connectivity index (χ1v) is 11.1. The molecule has 0 fully saturated rings. The van der Waals surface area contributed by atoms with Crippen LogP contribution in [0.5, 0.6) is 0 Å². The van der Waals surface area contributed by atoms with Gasteiger partial charge in [-0.2, -0.15) is 0 Å². The van der Waals surface area contributed by atoms with Crippen molar-refractivity contribution in [2.24, 2.45) is 0 Å². The van der Waals surface area contributed by atoms with Crippen LogP contribution in [0.4, 0.5) is 0 Å². The van der Waals surface area contributed by atoms with Crippen molar-refractivity contribution in [3.8, 4) is 0 Å². The maximum absolute atomic E-state index is 6.13. The standard InChI is InChI=1S/C7H13ClGe/c1-5-6-7(2)9(3,4)8/h5H,1-4H3. The summed E-state index contributed by atoms with van der Waals surface area (Å²) < 4.78 is 1.26. The van der Waals surface area contributed by atoms with Gasteiger partial charge in [0, 0.05) is 0 Å². The quantitative estimate of drug-likeness (QED) is 0.456. The average Bonchev–Trinajstić information content (AvgIpc) is 1.64. The maximum atomic E-state index is 6.13. The Labute approximate surface area is 64.1 Å². The van der Waals surface area contributed by atoms with E-state index in [0.29, 0.717) is 0 Å². The van der Waals surface area contributed by atoms with E-state index in [4.69, 9.17) is 10.0 Å². The van der Waals surface area contributed by atoms with Gasteiger partial charge in [-0.05, 0) is 0 Å². The van der Waals surface area contributed by atoms with E-state index in [1.807, 2.05) is 13.0 Å². The van der Waals surface area contributed by atoms with E-state index in [2.05, 4.69) is 24.2 Å². The van der Waals surface area contributed by atoms with E-state index in [-0.39, 0.29) is 0 Å². The van der Waals surface area contributed by atoms with Gasteiger partial charge >= 0.3 is 63.9 Å². The molecular formula is C7H13ClGe. The van der Waals surface area contributed by atoms with Gasteiger partial charge in [-0.1, -0.05) is 0 Å². The van der Waals surface area contributed by atoms with E-state index in [9.17, 15) is 0 Å². The molecule has 0 heterocycles. The molecule has 0 amide bonds. The second-order valence-corrected chi connectivity index (χ2v) is 15.2. The predicted octanol–water partition coefficient (Wildman–Crippen LogP) is 3.09. The Hall–Kier alpha value is 0.353. The van der Waals surface area contributed by atoms with Crippen molar-refractivity contribution < 1.29 is 0 Å². The SMILES string of the molecule is CC=C=[C](C)[Ge]([CH3])([CH3])[Cl]. The summed E-state index contributed by atoms with van der Waals surface area (Å²) >= 11 is -1.99. The summed E-state index contributed by atoms with van der Waals surface area (Å²) in [5, 5.41) is 0. The van der Waals surface area contributed by atoms with Gasteiger partial charge in [0.1, 0.15) is 0 Å². The van der Waals surface area contributed by atoms with Crippen LogP contribution in [-0.4, -0.2) is 12.3 Å². The normalized spacial score (nSPS) is 10.3. The first-order valence-electron chi connectivity index (χ1n) is 3.06. The van der Waals surface area contributed by atoms with E-state index in [1.165, 1.54) is 4.41 Å². The molecule has 0 N–H and O–H groups in total. The second kappa shape index (κ2) is 3.50. The van der Waals surface area contributed by atoms with Crippen molar-refractivity contribution in [2.75, 3.05) is 0 Å². The van der Waals surface area contributed by atoms with Gasteiger partial charge in [0.2, 0.25) is 0 Å². The van der Waals surface area contributed by atoms with Gasteiger partial charge in [0.15, 0.2) is 0 Å². The summed E-state index contributed by atoms with van der Waals surface area (Å²) in [5.41, 5.74) is 3.13. The van der Waals surface area contributed by atoms with Crippen LogP contribution in [0, 0.1) is 0 Å². The van der Waals surface area contributed by atoms with Crippen molar-refractivity contribution in [3.05, 3.63) is 16.2 Å². The van der Waals surface area contributed by atoms with E-state index >= 15 is 0 Å². The molecule has 0 unspecified atom stereocenters. The van der Waals surface area contributed by atoms with Crippen LogP contribution in [0.2, 0.25) is 11.5 Å². The number of hydrogen-bond acceptors (Lipinski definition) is 0. The zero-order valence-corrected chi connectivity index (χ0v) is 9.31. The van der Waals surface area contributed by atoms with Gasteiger partial charge in [-0.25, -0.2) is 0 Å². The molecule has 0 bridgehead atoms. The second-order valence-electron chi connectivity index (χ2n) is 2.53. The molecule has 0 aliphatic heterocycles. The van der Waals surface area contributed by atoms with Crippen LogP contribution in [0.1, 0.15) is 13.8 Å². The summed E-state index contributed by atoms with van der Waals surface area (Å²) in [6.45, 7) is 4.03. The predicted molar refractivity (Wildman–Crippen MR) is 46.3 cm³/mol. The van der Waals surface area contributed by atoms with E-state index in [0.717, 1.165) is 0 Å². The molecule has 0 aromatic rings. The topological polar surface area (TPSA) is 0 Å². The Morgan fingerprint density at radius 2 is 2.00 bits per heavy atom. The van der Waals surface area contributed by atoms with E-state index in [1.54, 1.807) is 0 Å². The van der Waals surface area contributed by atoms with Crippen molar-refractivity contribution >= 4 is 22.3 Å². The van der Waals surface area contributed by atoms with Gasteiger partial charge in [-0.15, -0.1) is 0 Å². The fraction of sp³-hybridized carbons (Fsp3) is 0.571. The third kappa shape index (κ3) is 3.85. The summed E-state index contributed by atoms with van der Waals surface area (Å²) in [4.78, 5) is 0. The van der Waals surface area contributed by atoms with Crippen molar-refractivity contribution in [2.45, 2.75) is 25.4 Å². The molecule has 0 aliphatic rings. The molecule has 0 saturated carbocycles. The van der Waals surface area contributed by atoms with Crippen molar-refractivity contribution in [1.82, 2.24) is 0 Å². The van der Waals surface area contributed by atoms with Crippen LogP contribution in [0.15, 0.2) is 16.2 Å². The molecule has 0 aliphatic carbocycles. The Kier molecular flexibility index (Phi) is 3.64. The van der Waals surface area contributed by atoms with Crippen LogP contribution in [-0.2, 0) is 0 Å². The van der Waals surface area contributed by atoms with Gasteiger partial charge in [0.05, 0.1) is 0 Å². The average molecular weight is 205 g/mol. The van der Waals surface area contributed by atoms with E-state index < -0.39 is 12.3 Å². The monoisotopic (exact) mass is 206 g/mol. The molecule has 0 radical (unpaired) electrons. The third-order valence-corrected chi connectivity index (χ3v) is 6.77. The molecule has 0 saturated heterocycles. The van der Waals surface area contributed by atoms with Crippen LogP contribution < -0.4 is 0 Å². The Morgan fingerprint density at radius 3 is 2.11 bits per heavy atom. The zero-order chi connectivity index (χ0) is 7.49. The minimum atomic E-state index is -1.99. The molecular weight excluding hydrogens is 192 g/mol. The molecule has 52 valence electrons. The third-order valence-electron chi connectivity index (χ3n) is 1.25. The summed E-state index contributed by atoms with van der Waals surface area (Å²) in [7, 11) is 6.13. The van der Waals surface area contributed by atoms with Crippen LogP contribution in [0.25, 0.3) is 0 Å². The Balaban J connectivity index is 4.40. The van der Waals surface area contributed by atoms with Crippen LogP contribution >= 0.6 is 10.0 Å². The molecule has 0 spiro atoms. The van der Waals surface area contributed by atoms with Gasteiger partial charge < -0.3 is 0 Å². The molecule has 0 aromatic heterocycles. The van der Waals surface area contributed by atoms with Crippen molar-refractivity contribution in [1.29, 1.82) is 0 Å². The molecule has 2 heteroatoms. The fourth-order valence-electron chi connectivity index (χ4n) is 0.388. The number of hydrogen-bond donors (Lipinski definition) is 0. The zero-order valence-electron chi connectivity index (χ0n) is 6.46. The van der Waals surface area contributed by atoms with Crippen molar-refractivity contribution in [3.63, 3.8) is 0 Å². The van der Waals surface area contributed by atoms with Gasteiger partial charge in [-0.3, -0.25) is 0 Å². The summed E-state index contributed by atoms with van der Waals surface area (Å²) in [6, 6.07) is 0. The fourth-order valence-corrected chi connectivity index (χ4v) is 1.69. The first-order chi connectivity index (χ1) is 3.98. The summed E-state index contributed by atoms with van der Waals surface area (Å²) in [6.07, 6.45) is 1.92. The Bertz CT molecular complexity index is 147. The summed E-state index contributed by atoms with van der Waals surface area (Å²) in [5.74, 6) is 4.29. The minimum absolute atomic E-state index is 1.26. The molecule has 0 atom stereocenters. The van der Waals surface area contributed by atoms with Gasteiger partial charge in [0.25, 0.3) is 0 Å². The molecule has 0 nitrogen and oxygen atoms in total. The molecule has 0 rings (SSSR count). The Morgan fingerprint density at radius 1 is 1.56 bits per heavy atom. The number of allylic oxidation sites excluding steroid dienone is 1. The molecule has 9 heavy (non-hydrogen) atoms. The first kappa shape index (κ1) is 9.35. The number of halogens is 1. The molecule has 0 aromatic carbocycles.